The maximum Gasteiger partial charge on any atom is 0.0886 e. The van der Waals surface area contributed by atoms with Gasteiger partial charge in [-0.15, -0.1) is 0 Å². The molecule has 1 heterocycles. The van der Waals surface area contributed by atoms with Crippen molar-refractivity contribution in [2.75, 3.05) is 9.80 Å². The van der Waals surface area contributed by atoms with Gasteiger partial charge in [-0.3, -0.25) is 0 Å². The Morgan fingerprint density at radius 2 is 1.20 bits per heavy atom. The van der Waals surface area contributed by atoms with Crippen LogP contribution in [0.5, 0.6) is 0 Å². The largest absolute Gasteiger partial charge is 0.333 e. The summed E-state index contributed by atoms with van der Waals surface area (Å²) in [5.74, 6) is 2.63. The van der Waals surface area contributed by atoms with Crippen molar-refractivity contribution in [3.8, 4) is 0 Å². The Bertz CT molecular complexity index is 1660. The number of hydrogen-bond donors (Lipinski definition) is 0. The molecule has 45 heavy (non-hydrogen) atoms. The number of nitrogens with zero attached hydrogens (tertiary/aromatic N) is 2. The van der Waals surface area contributed by atoms with E-state index in [-0.39, 0.29) is 16.4 Å². The van der Waals surface area contributed by atoms with Gasteiger partial charge in [-0.05, 0) is 135 Å². The van der Waals surface area contributed by atoms with Crippen LogP contribution in [0, 0.1) is 17.8 Å². The average molecular weight is 613 g/mol. The second-order valence-electron chi connectivity index (χ2n) is 15.7. The molecule has 10 rings (SSSR count). The lowest BCUT2D eigenvalue weighted by Crippen LogP contribution is -2.55. The minimum absolute atomic E-state index is 0.0293. The molecule has 4 aromatic rings. The number of para-hydroxylation sites is 3. The van der Waals surface area contributed by atoms with Crippen LogP contribution in [0.2, 0.25) is 5.02 Å². The Labute approximate surface area is 274 Å². The summed E-state index contributed by atoms with van der Waals surface area (Å²) in [5.41, 5.74) is 9.45. The van der Waals surface area contributed by atoms with Crippen molar-refractivity contribution in [2.24, 2.45) is 17.8 Å². The molecule has 4 bridgehead atoms. The first kappa shape index (κ1) is 28.0. The lowest BCUT2D eigenvalue weighted by Gasteiger charge is -2.58. The molecule has 2 nitrogen and oxygen atoms in total. The van der Waals surface area contributed by atoms with Crippen LogP contribution in [0.3, 0.4) is 0 Å². The highest BCUT2D eigenvalue weighted by Gasteiger charge is 2.62. The highest BCUT2D eigenvalue weighted by Crippen LogP contribution is 2.69. The third-order valence-corrected chi connectivity index (χ3v) is 13.5. The SMILES string of the molecule is CC12CCCCC1(C)N(c1ccccc1)c1c(Cl)c(N(c3ccccc3)c3ccccc3)cc(C34CC5CC(CC(C5)C3)C4)c12. The number of benzene rings is 4. The Balaban J connectivity index is 1.38. The quantitative estimate of drug-likeness (QED) is 0.221. The van der Waals surface area contributed by atoms with E-state index in [1.165, 1.54) is 75.6 Å². The van der Waals surface area contributed by atoms with Crippen LogP contribution in [-0.4, -0.2) is 5.54 Å². The molecule has 6 aliphatic rings. The first-order valence-electron chi connectivity index (χ1n) is 17.5. The van der Waals surface area contributed by atoms with E-state index in [2.05, 4.69) is 121 Å². The van der Waals surface area contributed by atoms with Gasteiger partial charge in [0.1, 0.15) is 0 Å². The van der Waals surface area contributed by atoms with Gasteiger partial charge in [0.2, 0.25) is 0 Å². The van der Waals surface area contributed by atoms with Crippen molar-refractivity contribution in [2.45, 2.75) is 94.4 Å². The molecule has 5 aliphatic carbocycles. The molecule has 230 valence electrons. The standard InChI is InChI=1S/C42H45ClN2/c1-40-20-12-13-21-41(40,2)45(34-18-10-5-11-19-34)39-37(40)35(42-26-29-22-30(27-42)24-31(23-29)28-42)25-36(38(39)43)44(32-14-6-3-7-15-32)33-16-8-4-9-17-33/h3-11,14-19,25,29-31H,12-13,20-24,26-28H2,1-2H3. The van der Waals surface area contributed by atoms with Gasteiger partial charge in [-0.25, -0.2) is 0 Å². The molecule has 0 amide bonds. The van der Waals surface area contributed by atoms with E-state index in [9.17, 15) is 0 Å². The second kappa shape index (κ2) is 10.1. The molecule has 3 heteroatoms. The van der Waals surface area contributed by atoms with Crippen molar-refractivity contribution in [3.05, 3.63) is 113 Å². The molecule has 2 atom stereocenters. The molecule has 0 spiro atoms. The number of anilines is 5. The van der Waals surface area contributed by atoms with Crippen LogP contribution in [0.1, 0.15) is 89.2 Å². The van der Waals surface area contributed by atoms with Gasteiger partial charge < -0.3 is 9.80 Å². The van der Waals surface area contributed by atoms with Crippen LogP contribution in [0.4, 0.5) is 28.4 Å². The molecule has 0 saturated heterocycles. The number of rotatable bonds is 5. The minimum atomic E-state index is -0.0431. The van der Waals surface area contributed by atoms with Crippen LogP contribution in [-0.2, 0) is 10.8 Å². The summed E-state index contributed by atoms with van der Waals surface area (Å²) in [6.45, 7) is 5.17. The Morgan fingerprint density at radius 1 is 0.689 bits per heavy atom. The highest BCUT2D eigenvalue weighted by atomic mass is 35.5. The van der Waals surface area contributed by atoms with Crippen molar-refractivity contribution < 1.29 is 0 Å². The second-order valence-corrected chi connectivity index (χ2v) is 16.0. The van der Waals surface area contributed by atoms with Crippen molar-refractivity contribution in [1.82, 2.24) is 0 Å². The van der Waals surface area contributed by atoms with Gasteiger partial charge in [-0.2, -0.15) is 0 Å². The molecule has 0 aromatic heterocycles. The van der Waals surface area contributed by atoms with Crippen molar-refractivity contribution in [1.29, 1.82) is 0 Å². The minimum Gasteiger partial charge on any atom is -0.333 e. The summed E-state index contributed by atoms with van der Waals surface area (Å²) in [6.07, 6.45) is 13.3. The summed E-state index contributed by atoms with van der Waals surface area (Å²) in [7, 11) is 0. The molecule has 0 N–H and O–H groups in total. The van der Waals surface area contributed by atoms with Gasteiger partial charge in [0.25, 0.3) is 0 Å². The number of hydrogen-bond acceptors (Lipinski definition) is 2. The zero-order chi connectivity index (χ0) is 30.4. The van der Waals surface area contributed by atoms with Gasteiger partial charge in [0.15, 0.2) is 0 Å². The molecule has 5 fully saturated rings. The molecule has 4 aromatic carbocycles. The van der Waals surface area contributed by atoms with Gasteiger partial charge >= 0.3 is 0 Å². The monoisotopic (exact) mass is 612 g/mol. The van der Waals surface area contributed by atoms with Gasteiger partial charge in [-0.1, -0.05) is 86.0 Å². The third-order valence-electron chi connectivity index (χ3n) is 13.2. The molecular weight excluding hydrogens is 568 g/mol. The third kappa shape index (κ3) is 4.00. The van der Waals surface area contributed by atoms with Crippen molar-refractivity contribution >= 4 is 40.0 Å². The maximum atomic E-state index is 7.98. The Morgan fingerprint density at radius 3 is 1.76 bits per heavy atom. The van der Waals surface area contributed by atoms with Crippen LogP contribution >= 0.6 is 11.6 Å². The summed E-state index contributed by atoms with van der Waals surface area (Å²) in [6, 6.07) is 35.6. The summed E-state index contributed by atoms with van der Waals surface area (Å²) >= 11 is 7.98. The number of fused-ring (bicyclic) bond motifs is 3. The smallest absolute Gasteiger partial charge is 0.0886 e. The van der Waals surface area contributed by atoms with Gasteiger partial charge in [0.05, 0.1) is 21.9 Å². The summed E-state index contributed by atoms with van der Waals surface area (Å²) in [4.78, 5) is 5.15. The highest BCUT2D eigenvalue weighted by molar-refractivity contribution is 6.37. The van der Waals surface area contributed by atoms with E-state index in [4.69, 9.17) is 11.6 Å². The lowest BCUT2D eigenvalue weighted by molar-refractivity contribution is -0.00626. The fraction of sp³-hybridized carbons (Fsp3) is 0.429. The summed E-state index contributed by atoms with van der Waals surface area (Å²) in [5, 5.41) is 0.895. The average Bonchev–Trinajstić information content (AvgIpc) is 3.27. The summed E-state index contributed by atoms with van der Waals surface area (Å²) < 4.78 is 0. The van der Waals surface area contributed by atoms with E-state index in [1.807, 2.05) is 0 Å². The fourth-order valence-corrected chi connectivity index (χ4v) is 11.8. The predicted molar refractivity (Wildman–Crippen MR) is 189 cm³/mol. The first-order chi connectivity index (χ1) is 21.9. The normalized spacial score (nSPS) is 32.8. The number of halogens is 1. The lowest BCUT2D eigenvalue weighted by atomic mass is 9.46. The first-order valence-corrected chi connectivity index (χ1v) is 17.9. The van der Waals surface area contributed by atoms with E-state index >= 15 is 0 Å². The topological polar surface area (TPSA) is 6.48 Å². The van der Waals surface area contributed by atoms with Gasteiger partial charge in [0, 0.05) is 22.5 Å². The van der Waals surface area contributed by atoms with E-state index in [0.717, 1.165) is 39.8 Å². The van der Waals surface area contributed by atoms with Crippen LogP contribution in [0.15, 0.2) is 97.1 Å². The zero-order valence-electron chi connectivity index (χ0n) is 26.8. The maximum absolute atomic E-state index is 7.98. The zero-order valence-corrected chi connectivity index (χ0v) is 27.6. The Kier molecular flexibility index (Phi) is 6.31. The molecule has 1 aliphatic heterocycles. The molecule has 0 radical (unpaired) electrons. The van der Waals surface area contributed by atoms with E-state index in [1.54, 1.807) is 11.1 Å². The van der Waals surface area contributed by atoms with E-state index in [0.29, 0.717) is 0 Å². The molecule has 5 saturated carbocycles. The van der Waals surface area contributed by atoms with Crippen LogP contribution in [0.25, 0.3) is 0 Å². The van der Waals surface area contributed by atoms with Crippen LogP contribution < -0.4 is 9.80 Å². The predicted octanol–water partition coefficient (Wildman–Crippen LogP) is 12.0. The molecule has 2 unspecified atom stereocenters. The fourth-order valence-electron chi connectivity index (χ4n) is 11.5. The Hall–Kier alpha value is -3.23. The van der Waals surface area contributed by atoms with E-state index < -0.39 is 0 Å². The molecular formula is C42H45ClN2. The van der Waals surface area contributed by atoms with Crippen molar-refractivity contribution in [3.63, 3.8) is 0 Å².